The number of aromatic nitrogens is 2. The van der Waals surface area contributed by atoms with Gasteiger partial charge in [0.1, 0.15) is 5.82 Å². The number of aryl methyl sites for hydroxylation is 1. The van der Waals surface area contributed by atoms with E-state index in [2.05, 4.69) is 4.98 Å². The first kappa shape index (κ1) is 16.7. The zero-order valence-corrected chi connectivity index (χ0v) is 13.7. The highest BCUT2D eigenvalue weighted by atomic mass is 32.2. The number of hydrogen-bond acceptors (Lipinski definition) is 6. The number of primary sulfonamides is 1. The van der Waals surface area contributed by atoms with E-state index in [9.17, 15) is 23.3 Å². The molecule has 3 rings (SSSR count). The van der Waals surface area contributed by atoms with Crippen LogP contribution in [0.1, 0.15) is 5.82 Å². The van der Waals surface area contributed by atoms with Crippen molar-refractivity contribution in [3.8, 4) is 5.69 Å². The molecule has 0 aliphatic carbocycles. The van der Waals surface area contributed by atoms with Gasteiger partial charge in [-0.2, -0.15) is 0 Å². The lowest BCUT2D eigenvalue weighted by Crippen LogP contribution is -2.22. The second kappa shape index (κ2) is 5.76. The number of nitro benzene ring substituents is 1. The molecule has 2 aromatic carbocycles. The van der Waals surface area contributed by atoms with E-state index in [0.29, 0.717) is 11.5 Å². The maximum atomic E-state index is 12.7. The Morgan fingerprint density at radius 3 is 2.36 bits per heavy atom. The fraction of sp³-hybridized carbons (Fsp3) is 0.0667. The van der Waals surface area contributed by atoms with Crippen LogP contribution in [0, 0.1) is 17.0 Å². The van der Waals surface area contributed by atoms with Gasteiger partial charge in [-0.1, -0.05) is 0 Å². The van der Waals surface area contributed by atoms with Crippen LogP contribution in [0.2, 0.25) is 0 Å². The lowest BCUT2D eigenvalue weighted by Gasteiger charge is -2.11. The molecule has 0 amide bonds. The van der Waals surface area contributed by atoms with Crippen molar-refractivity contribution in [3.63, 3.8) is 0 Å². The Hall–Kier alpha value is -3.11. The fourth-order valence-corrected chi connectivity index (χ4v) is 3.00. The first-order valence-electron chi connectivity index (χ1n) is 6.99. The normalized spacial score (nSPS) is 11.6. The van der Waals surface area contributed by atoms with Crippen LogP contribution in [-0.4, -0.2) is 22.9 Å². The molecule has 0 saturated carbocycles. The van der Waals surface area contributed by atoms with Crippen LogP contribution in [0.4, 0.5) is 5.69 Å². The van der Waals surface area contributed by atoms with E-state index in [1.807, 2.05) is 0 Å². The third kappa shape index (κ3) is 2.99. The monoisotopic (exact) mass is 360 g/mol. The summed E-state index contributed by atoms with van der Waals surface area (Å²) in [4.78, 5) is 27.2. The zero-order chi connectivity index (χ0) is 18.4. The topological polar surface area (TPSA) is 138 Å². The van der Waals surface area contributed by atoms with Gasteiger partial charge in [-0.3, -0.25) is 19.5 Å². The molecular weight excluding hydrogens is 348 g/mol. The molecule has 0 aliphatic heterocycles. The largest absolute Gasteiger partial charge is 0.271 e. The second-order valence-corrected chi connectivity index (χ2v) is 6.86. The molecule has 128 valence electrons. The maximum absolute atomic E-state index is 12.7. The first-order chi connectivity index (χ1) is 11.7. The molecule has 0 radical (unpaired) electrons. The third-order valence-corrected chi connectivity index (χ3v) is 4.58. The molecular formula is C15H12N4O5S. The van der Waals surface area contributed by atoms with Crippen LogP contribution < -0.4 is 10.7 Å². The van der Waals surface area contributed by atoms with Gasteiger partial charge in [0.25, 0.3) is 11.2 Å². The van der Waals surface area contributed by atoms with Crippen LogP contribution in [-0.2, 0) is 10.0 Å². The Balaban J connectivity index is 2.22. The Labute approximate surface area is 141 Å². The number of rotatable bonds is 3. The number of hydrogen-bond donors (Lipinski definition) is 1. The van der Waals surface area contributed by atoms with Crippen molar-refractivity contribution in [1.82, 2.24) is 9.55 Å². The lowest BCUT2D eigenvalue weighted by atomic mass is 10.2. The summed E-state index contributed by atoms with van der Waals surface area (Å²) in [6, 6.07) is 9.26. The number of nitro groups is 1. The molecule has 2 N–H and O–H groups in total. The van der Waals surface area contributed by atoms with Crippen molar-refractivity contribution in [2.75, 3.05) is 0 Å². The number of non-ortho nitro benzene ring substituents is 1. The summed E-state index contributed by atoms with van der Waals surface area (Å²) in [6.07, 6.45) is 0. The number of sulfonamides is 1. The molecule has 0 atom stereocenters. The van der Waals surface area contributed by atoms with Gasteiger partial charge in [0.15, 0.2) is 0 Å². The number of fused-ring (bicyclic) bond motifs is 1. The van der Waals surface area contributed by atoms with E-state index in [1.54, 1.807) is 6.92 Å². The Morgan fingerprint density at radius 2 is 1.80 bits per heavy atom. The van der Waals surface area contributed by atoms with Crippen LogP contribution in [0.15, 0.2) is 52.2 Å². The summed E-state index contributed by atoms with van der Waals surface area (Å²) in [6.45, 7) is 1.58. The third-order valence-electron chi connectivity index (χ3n) is 3.65. The van der Waals surface area contributed by atoms with Crippen molar-refractivity contribution >= 4 is 26.6 Å². The van der Waals surface area contributed by atoms with E-state index in [-0.39, 0.29) is 21.5 Å². The van der Waals surface area contributed by atoms with Crippen molar-refractivity contribution < 1.29 is 13.3 Å². The molecule has 10 heteroatoms. The fourth-order valence-electron chi connectivity index (χ4n) is 2.49. The van der Waals surface area contributed by atoms with Gasteiger partial charge in [0.05, 0.1) is 26.4 Å². The highest BCUT2D eigenvalue weighted by Crippen LogP contribution is 2.19. The van der Waals surface area contributed by atoms with Crippen LogP contribution >= 0.6 is 0 Å². The smallest absolute Gasteiger partial charge is 0.268 e. The second-order valence-electron chi connectivity index (χ2n) is 5.30. The molecule has 0 aliphatic rings. The summed E-state index contributed by atoms with van der Waals surface area (Å²) >= 11 is 0. The van der Waals surface area contributed by atoms with Crippen LogP contribution in [0.3, 0.4) is 0 Å². The Kier molecular flexibility index (Phi) is 3.85. The summed E-state index contributed by atoms with van der Waals surface area (Å²) in [5.74, 6) is 0.307. The van der Waals surface area contributed by atoms with Crippen molar-refractivity contribution in [2.45, 2.75) is 11.8 Å². The van der Waals surface area contributed by atoms with Crippen molar-refractivity contribution in [2.24, 2.45) is 5.14 Å². The molecule has 1 aromatic heterocycles. The number of benzene rings is 2. The van der Waals surface area contributed by atoms with E-state index in [1.165, 1.54) is 47.0 Å². The van der Waals surface area contributed by atoms with E-state index >= 15 is 0 Å². The maximum Gasteiger partial charge on any atom is 0.271 e. The van der Waals surface area contributed by atoms with Crippen LogP contribution in [0.25, 0.3) is 16.6 Å². The van der Waals surface area contributed by atoms with E-state index < -0.39 is 20.5 Å². The minimum Gasteiger partial charge on any atom is -0.268 e. The van der Waals surface area contributed by atoms with E-state index in [0.717, 1.165) is 0 Å². The zero-order valence-electron chi connectivity index (χ0n) is 12.9. The average Bonchev–Trinajstić information content (AvgIpc) is 2.54. The minimum atomic E-state index is -3.84. The summed E-state index contributed by atoms with van der Waals surface area (Å²) in [7, 11) is -3.84. The highest BCUT2D eigenvalue weighted by Gasteiger charge is 2.14. The molecule has 0 bridgehead atoms. The molecule has 1 heterocycles. The van der Waals surface area contributed by atoms with Gasteiger partial charge in [-0.15, -0.1) is 0 Å². The van der Waals surface area contributed by atoms with E-state index in [4.69, 9.17) is 5.14 Å². The minimum absolute atomic E-state index is 0.0775. The molecule has 0 spiro atoms. The SMILES string of the molecule is Cc1nc2cc([N+](=O)[O-])ccc2c(=O)n1-c1ccc(S(N)(=O)=O)cc1. The lowest BCUT2D eigenvalue weighted by molar-refractivity contribution is -0.384. The average molecular weight is 360 g/mol. The van der Waals surface area contributed by atoms with Gasteiger partial charge < -0.3 is 0 Å². The number of nitrogens with two attached hydrogens (primary N) is 1. The molecule has 0 unspecified atom stereocenters. The van der Waals surface area contributed by atoms with Crippen LogP contribution in [0.5, 0.6) is 0 Å². The van der Waals surface area contributed by atoms with Gasteiger partial charge in [0, 0.05) is 12.1 Å². The Bertz CT molecular complexity index is 1170. The number of nitrogens with zero attached hydrogens (tertiary/aromatic N) is 3. The Morgan fingerprint density at radius 1 is 1.16 bits per heavy atom. The quantitative estimate of drug-likeness (QED) is 0.551. The predicted molar refractivity (Wildman–Crippen MR) is 90.1 cm³/mol. The molecule has 0 saturated heterocycles. The predicted octanol–water partition coefficient (Wildman–Crippen LogP) is 1.25. The molecule has 3 aromatic rings. The standard InChI is InChI=1S/C15H12N4O5S/c1-9-17-14-8-11(19(21)22)4-7-13(14)15(20)18(9)10-2-5-12(6-3-10)25(16,23)24/h2-8H,1H3,(H2,16,23,24). The molecule has 25 heavy (non-hydrogen) atoms. The van der Waals surface area contributed by atoms with Gasteiger partial charge in [-0.05, 0) is 37.3 Å². The van der Waals surface area contributed by atoms with Gasteiger partial charge >= 0.3 is 0 Å². The van der Waals surface area contributed by atoms with Crippen molar-refractivity contribution in [3.05, 3.63) is 68.8 Å². The molecule has 0 fully saturated rings. The summed E-state index contributed by atoms with van der Waals surface area (Å²) in [5.41, 5.74) is 0.0477. The summed E-state index contributed by atoms with van der Waals surface area (Å²) < 4.78 is 23.9. The highest BCUT2D eigenvalue weighted by molar-refractivity contribution is 7.89. The summed E-state index contributed by atoms with van der Waals surface area (Å²) in [5, 5.41) is 16.1. The van der Waals surface area contributed by atoms with Crippen molar-refractivity contribution in [1.29, 1.82) is 0 Å². The first-order valence-corrected chi connectivity index (χ1v) is 8.54. The molecule has 9 nitrogen and oxygen atoms in total. The van der Waals surface area contributed by atoms with Gasteiger partial charge in [0.2, 0.25) is 10.0 Å². The van der Waals surface area contributed by atoms with Gasteiger partial charge in [-0.25, -0.2) is 18.5 Å².